The lowest BCUT2D eigenvalue weighted by Gasteiger charge is -2.26. The van der Waals surface area contributed by atoms with Crippen molar-refractivity contribution in [3.8, 4) is 17.6 Å². The molecule has 0 saturated carbocycles. The number of aryl methyl sites for hydroxylation is 2. The molecule has 5 nitrogen and oxygen atoms in total. The summed E-state index contributed by atoms with van der Waals surface area (Å²) in [4.78, 5) is 12.3. The van der Waals surface area contributed by atoms with E-state index in [0.717, 1.165) is 28.7 Å². The molecule has 0 bridgehead atoms. The van der Waals surface area contributed by atoms with Crippen molar-refractivity contribution in [1.82, 2.24) is 0 Å². The first-order chi connectivity index (χ1) is 16.0. The van der Waals surface area contributed by atoms with Gasteiger partial charge in [0.1, 0.15) is 23.1 Å². The van der Waals surface area contributed by atoms with E-state index in [2.05, 4.69) is 13.0 Å². The molecular formula is C28H24N2O3. The summed E-state index contributed by atoms with van der Waals surface area (Å²) in [5.41, 5.74) is 11.4. The third-order valence-electron chi connectivity index (χ3n) is 5.62. The van der Waals surface area contributed by atoms with Crippen LogP contribution in [0.4, 0.5) is 0 Å². The predicted molar refractivity (Wildman–Crippen MR) is 127 cm³/mol. The highest BCUT2D eigenvalue weighted by Gasteiger charge is 2.31. The van der Waals surface area contributed by atoms with Gasteiger partial charge in [0.05, 0.1) is 5.92 Å². The van der Waals surface area contributed by atoms with Crippen molar-refractivity contribution in [3.63, 3.8) is 0 Å². The second-order valence-corrected chi connectivity index (χ2v) is 7.88. The number of esters is 1. The van der Waals surface area contributed by atoms with Gasteiger partial charge in [0, 0.05) is 17.7 Å². The number of carbonyl (C=O) groups is 1. The van der Waals surface area contributed by atoms with E-state index in [-0.39, 0.29) is 11.8 Å². The van der Waals surface area contributed by atoms with Gasteiger partial charge in [-0.25, -0.2) is 4.79 Å². The maximum atomic E-state index is 12.3. The highest BCUT2D eigenvalue weighted by Crippen LogP contribution is 2.43. The van der Waals surface area contributed by atoms with Crippen LogP contribution in [0.15, 0.2) is 84.3 Å². The molecule has 0 fully saturated rings. The van der Waals surface area contributed by atoms with Crippen LogP contribution in [0, 0.1) is 18.3 Å². The highest BCUT2D eigenvalue weighted by molar-refractivity contribution is 5.88. The monoisotopic (exact) mass is 436 g/mol. The van der Waals surface area contributed by atoms with Crippen molar-refractivity contribution in [2.45, 2.75) is 26.2 Å². The Morgan fingerprint density at radius 2 is 1.85 bits per heavy atom. The molecule has 4 rings (SSSR count). The molecule has 1 aliphatic heterocycles. The number of benzene rings is 3. The summed E-state index contributed by atoms with van der Waals surface area (Å²) < 4.78 is 11.2. The number of rotatable bonds is 5. The molecule has 0 aliphatic carbocycles. The number of fused-ring (bicyclic) bond motifs is 1. The molecule has 3 aromatic rings. The topological polar surface area (TPSA) is 85.3 Å². The van der Waals surface area contributed by atoms with Crippen molar-refractivity contribution >= 4 is 12.0 Å². The van der Waals surface area contributed by atoms with Gasteiger partial charge in [-0.1, -0.05) is 67.1 Å². The molecule has 1 aliphatic rings. The molecule has 5 heteroatoms. The van der Waals surface area contributed by atoms with Crippen molar-refractivity contribution in [2.75, 3.05) is 0 Å². The standard InChI is InChI=1S/C28H24N2O3/c1-3-19-8-11-21(12-9-19)27-23-14-13-22(16-25(23)33-28(30)24(27)17-29)32-26(31)15-10-20-6-4-18(2)5-7-20/h4-16,27H,3,30H2,1-2H3/b15-10+. The van der Waals surface area contributed by atoms with Gasteiger partial charge in [0.15, 0.2) is 0 Å². The van der Waals surface area contributed by atoms with E-state index in [1.807, 2.05) is 61.5 Å². The summed E-state index contributed by atoms with van der Waals surface area (Å²) in [5, 5.41) is 9.72. The maximum absolute atomic E-state index is 12.3. The van der Waals surface area contributed by atoms with Gasteiger partial charge in [-0.05, 0) is 42.2 Å². The van der Waals surface area contributed by atoms with E-state index < -0.39 is 5.97 Å². The Morgan fingerprint density at radius 1 is 1.12 bits per heavy atom. The summed E-state index contributed by atoms with van der Waals surface area (Å²) >= 11 is 0. The van der Waals surface area contributed by atoms with Gasteiger partial charge in [-0.3, -0.25) is 0 Å². The SMILES string of the molecule is CCc1ccc(C2C(C#N)=C(N)Oc3cc(OC(=O)/C=C/c4ccc(C)cc4)ccc32)cc1. The summed E-state index contributed by atoms with van der Waals surface area (Å²) in [6.07, 6.45) is 4.01. The number of nitrogens with zero attached hydrogens (tertiary/aromatic N) is 1. The number of nitrogens with two attached hydrogens (primary N) is 1. The predicted octanol–water partition coefficient (Wildman–Crippen LogP) is 5.39. The van der Waals surface area contributed by atoms with Gasteiger partial charge >= 0.3 is 5.97 Å². The largest absolute Gasteiger partial charge is 0.440 e. The summed E-state index contributed by atoms with van der Waals surface area (Å²) in [7, 11) is 0. The van der Waals surface area contributed by atoms with Crippen LogP contribution in [0.2, 0.25) is 0 Å². The summed E-state index contributed by atoms with van der Waals surface area (Å²) in [6, 6.07) is 23.3. The fourth-order valence-electron chi connectivity index (χ4n) is 3.78. The van der Waals surface area contributed by atoms with Gasteiger partial charge in [0.25, 0.3) is 0 Å². The van der Waals surface area contributed by atoms with E-state index in [9.17, 15) is 10.1 Å². The Kier molecular flexibility index (Phi) is 6.28. The maximum Gasteiger partial charge on any atom is 0.336 e. The van der Waals surface area contributed by atoms with Crippen molar-refractivity contribution < 1.29 is 14.3 Å². The van der Waals surface area contributed by atoms with Gasteiger partial charge in [-0.2, -0.15) is 5.26 Å². The molecule has 2 N–H and O–H groups in total. The second kappa shape index (κ2) is 9.46. The van der Waals surface area contributed by atoms with E-state index in [1.54, 1.807) is 18.2 Å². The lowest BCUT2D eigenvalue weighted by molar-refractivity contribution is -0.128. The summed E-state index contributed by atoms with van der Waals surface area (Å²) in [5.74, 6) is -0.00287. The number of hydrogen-bond acceptors (Lipinski definition) is 5. The van der Waals surface area contributed by atoms with Gasteiger partial charge in [0.2, 0.25) is 5.88 Å². The lowest BCUT2D eigenvalue weighted by Crippen LogP contribution is -2.21. The zero-order valence-electron chi connectivity index (χ0n) is 18.5. The van der Waals surface area contributed by atoms with E-state index in [0.29, 0.717) is 17.1 Å². The first kappa shape index (κ1) is 21.9. The highest BCUT2D eigenvalue weighted by atomic mass is 16.5. The van der Waals surface area contributed by atoms with E-state index in [4.69, 9.17) is 15.2 Å². The fraction of sp³-hybridized carbons (Fsp3) is 0.143. The molecule has 33 heavy (non-hydrogen) atoms. The number of ether oxygens (including phenoxy) is 2. The normalized spacial score (nSPS) is 15.0. The van der Waals surface area contributed by atoms with Crippen molar-refractivity contribution in [3.05, 3.63) is 112 Å². The molecule has 3 aromatic carbocycles. The molecule has 0 radical (unpaired) electrons. The van der Waals surface area contributed by atoms with Crippen molar-refractivity contribution in [2.24, 2.45) is 5.73 Å². The van der Waals surface area contributed by atoms with Crippen LogP contribution in [0.5, 0.6) is 11.5 Å². The Hall–Kier alpha value is -4.30. The van der Waals surface area contributed by atoms with Crippen LogP contribution in [0.1, 0.15) is 40.7 Å². The van der Waals surface area contributed by atoms with Crippen LogP contribution in [0.25, 0.3) is 6.08 Å². The van der Waals surface area contributed by atoms with Crippen molar-refractivity contribution in [1.29, 1.82) is 5.26 Å². The Labute approximate surface area is 193 Å². The zero-order valence-corrected chi connectivity index (χ0v) is 18.5. The zero-order chi connectivity index (χ0) is 23.4. The van der Waals surface area contributed by atoms with Gasteiger partial charge < -0.3 is 15.2 Å². The quantitative estimate of drug-likeness (QED) is 0.329. The van der Waals surface area contributed by atoms with Crippen LogP contribution >= 0.6 is 0 Å². The Bertz CT molecular complexity index is 1280. The molecule has 0 spiro atoms. The average molecular weight is 437 g/mol. The first-order valence-electron chi connectivity index (χ1n) is 10.8. The minimum absolute atomic E-state index is 0.0531. The number of allylic oxidation sites excluding steroid dienone is 1. The minimum atomic E-state index is -0.501. The third kappa shape index (κ3) is 4.81. The number of nitriles is 1. The van der Waals surface area contributed by atoms with Gasteiger partial charge in [-0.15, -0.1) is 0 Å². The molecule has 1 atom stereocenters. The molecule has 0 saturated heterocycles. The van der Waals surface area contributed by atoms with Crippen LogP contribution in [0.3, 0.4) is 0 Å². The van der Waals surface area contributed by atoms with Crippen LogP contribution < -0.4 is 15.2 Å². The fourth-order valence-corrected chi connectivity index (χ4v) is 3.78. The Balaban J connectivity index is 1.58. The second-order valence-electron chi connectivity index (χ2n) is 7.88. The molecule has 1 heterocycles. The molecule has 164 valence electrons. The average Bonchev–Trinajstić information content (AvgIpc) is 2.83. The molecule has 0 amide bonds. The van der Waals surface area contributed by atoms with E-state index in [1.165, 1.54) is 11.6 Å². The van der Waals surface area contributed by atoms with Crippen LogP contribution in [-0.2, 0) is 11.2 Å². The smallest absolute Gasteiger partial charge is 0.336 e. The molecular weight excluding hydrogens is 412 g/mol. The number of hydrogen-bond donors (Lipinski definition) is 1. The third-order valence-corrected chi connectivity index (χ3v) is 5.62. The minimum Gasteiger partial charge on any atom is -0.440 e. The molecule has 0 aromatic heterocycles. The number of carbonyl (C=O) groups excluding carboxylic acids is 1. The first-order valence-corrected chi connectivity index (χ1v) is 10.8. The lowest BCUT2D eigenvalue weighted by atomic mass is 9.83. The van der Waals surface area contributed by atoms with E-state index >= 15 is 0 Å². The van der Waals surface area contributed by atoms with Crippen LogP contribution in [-0.4, -0.2) is 5.97 Å². The summed E-state index contributed by atoms with van der Waals surface area (Å²) in [6.45, 7) is 4.10. The molecule has 1 unspecified atom stereocenters. The Morgan fingerprint density at radius 3 is 2.52 bits per heavy atom.